The Morgan fingerprint density at radius 3 is 2.72 bits per heavy atom. The van der Waals surface area contributed by atoms with E-state index in [2.05, 4.69) is 17.3 Å². The molecular weight excluding hydrogens is 340 g/mol. The van der Waals surface area contributed by atoms with Crippen LogP contribution >= 0.6 is 0 Å². The zero-order chi connectivity index (χ0) is 17.9. The number of benzene rings is 1. The number of hydrogen-bond donors (Lipinski definition) is 1. The number of anilines is 1. The summed E-state index contributed by atoms with van der Waals surface area (Å²) in [4.78, 5) is 12.2. The minimum Gasteiger partial charge on any atom is -0.324 e. The highest BCUT2D eigenvalue weighted by atomic mass is 32.2. The molecule has 2 aromatic rings. The molecule has 1 atom stereocenters. The van der Waals surface area contributed by atoms with Crippen molar-refractivity contribution in [1.82, 2.24) is 14.1 Å². The van der Waals surface area contributed by atoms with Crippen molar-refractivity contribution < 1.29 is 13.2 Å². The molecule has 1 aliphatic heterocycles. The highest BCUT2D eigenvalue weighted by molar-refractivity contribution is 7.89. The van der Waals surface area contributed by atoms with Crippen molar-refractivity contribution in [3.05, 3.63) is 42.7 Å². The largest absolute Gasteiger partial charge is 0.324 e. The number of amides is 1. The molecule has 1 unspecified atom stereocenters. The minimum absolute atomic E-state index is 0.110. The predicted octanol–water partition coefficient (Wildman–Crippen LogP) is 1.94. The Morgan fingerprint density at radius 2 is 2.08 bits per heavy atom. The van der Waals surface area contributed by atoms with Gasteiger partial charge in [0, 0.05) is 31.2 Å². The number of nitrogens with one attached hydrogen (secondary N) is 1. The Hall–Kier alpha value is -2.19. The zero-order valence-corrected chi connectivity index (χ0v) is 14.9. The van der Waals surface area contributed by atoms with Gasteiger partial charge in [-0.2, -0.15) is 9.40 Å². The van der Waals surface area contributed by atoms with Crippen LogP contribution in [-0.2, 0) is 21.4 Å². The molecule has 1 N–H and O–H groups in total. The molecule has 2 heterocycles. The van der Waals surface area contributed by atoms with E-state index < -0.39 is 10.0 Å². The lowest BCUT2D eigenvalue weighted by Crippen LogP contribution is -2.39. The molecule has 8 heteroatoms. The molecule has 1 fully saturated rings. The summed E-state index contributed by atoms with van der Waals surface area (Å²) in [6.07, 6.45) is 5.26. The van der Waals surface area contributed by atoms with Gasteiger partial charge in [0.25, 0.3) is 0 Å². The lowest BCUT2D eigenvalue weighted by atomic mass is 10.0. The Kier molecular flexibility index (Phi) is 5.19. The van der Waals surface area contributed by atoms with E-state index >= 15 is 0 Å². The highest BCUT2D eigenvalue weighted by Gasteiger charge is 2.28. The smallest absolute Gasteiger partial charge is 0.246 e. The molecule has 1 amide bonds. The molecule has 0 spiro atoms. The van der Waals surface area contributed by atoms with Crippen LogP contribution in [0.15, 0.2) is 47.6 Å². The summed E-state index contributed by atoms with van der Waals surface area (Å²) in [6, 6.07) is 8.05. The number of carbonyl (C=O) groups is 1. The summed E-state index contributed by atoms with van der Waals surface area (Å²) in [7, 11) is -3.47. The van der Waals surface area contributed by atoms with E-state index in [-0.39, 0.29) is 17.3 Å². The molecule has 0 bridgehead atoms. The average Bonchev–Trinajstić information content (AvgIpc) is 3.08. The second-order valence-corrected chi connectivity index (χ2v) is 8.32. The maximum Gasteiger partial charge on any atom is 0.246 e. The van der Waals surface area contributed by atoms with Gasteiger partial charge in [-0.1, -0.05) is 6.92 Å². The Balaban J connectivity index is 1.66. The fraction of sp³-hybridized carbons (Fsp3) is 0.412. The first kappa shape index (κ1) is 17.6. The first-order valence-electron chi connectivity index (χ1n) is 8.32. The van der Waals surface area contributed by atoms with Gasteiger partial charge in [0.2, 0.25) is 15.9 Å². The van der Waals surface area contributed by atoms with Crippen LogP contribution in [0.3, 0.4) is 0 Å². The van der Waals surface area contributed by atoms with Crippen molar-refractivity contribution >= 4 is 21.6 Å². The first-order valence-corrected chi connectivity index (χ1v) is 9.76. The fourth-order valence-electron chi connectivity index (χ4n) is 2.97. The van der Waals surface area contributed by atoms with Crippen molar-refractivity contribution in [2.75, 3.05) is 18.4 Å². The molecule has 1 aliphatic rings. The SMILES string of the molecule is CC1CCCN(S(=O)(=O)c2ccc(NC(=O)Cn3cccn3)cc2)C1. The Bertz CT molecular complexity index is 816. The summed E-state index contributed by atoms with van der Waals surface area (Å²) >= 11 is 0. The number of nitrogens with zero attached hydrogens (tertiary/aromatic N) is 3. The van der Waals surface area contributed by atoms with Gasteiger partial charge in [0.15, 0.2) is 0 Å². The van der Waals surface area contributed by atoms with Crippen molar-refractivity contribution in [1.29, 1.82) is 0 Å². The third kappa shape index (κ3) is 4.26. The monoisotopic (exact) mass is 362 g/mol. The van der Waals surface area contributed by atoms with Gasteiger partial charge in [0.05, 0.1) is 4.90 Å². The summed E-state index contributed by atoms with van der Waals surface area (Å²) in [5, 5.41) is 6.71. The van der Waals surface area contributed by atoms with Crippen LogP contribution in [0.25, 0.3) is 0 Å². The maximum atomic E-state index is 12.7. The normalized spacial score (nSPS) is 18.8. The Morgan fingerprint density at radius 1 is 1.32 bits per heavy atom. The van der Waals surface area contributed by atoms with Crippen molar-refractivity contribution in [2.45, 2.75) is 31.2 Å². The molecule has 25 heavy (non-hydrogen) atoms. The van der Waals surface area contributed by atoms with Crippen LogP contribution in [0.1, 0.15) is 19.8 Å². The van der Waals surface area contributed by atoms with Gasteiger partial charge < -0.3 is 5.32 Å². The second kappa shape index (κ2) is 7.37. The summed E-state index contributed by atoms with van der Waals surface area (Å²) < 4.78 is 28.5. The van der Waals surface area contributed by atoms with Crippen molar-refractivity contribution in [2.24, 2.45) is 5.92 Å². The van der Waals surface area contributed by atoms with Crippen LogP contribution in [0.5, 0.6) is 0 Å². The third-order valence-electron chi connectivity index (χ3n) is 4.26. The van der Waals surface area contributed by atoms with Gasteiger partial charge in [-0.25, -0.2) is 8.42 Å². The highest BCUT2D eigenvalue weighted by Crippen LogP contribution is 2.24. The van der Waals surface area contributed by atoms with Crippen molar-refractivity contribution in [3.8, 4) is 0 Å². The number of aromatic nitrogens is 2. The van der Waals surface area contributed by atoms with Gasteiger partial charge in [0.1, 0.15) is 6.54 Å². The molecule has 0 saturated carbocycles. The van der Waals surface area contributed by atoms with E-state index in [1.54, 1.807) is 34.9 Å². The summed E-state index contributed by atoms with van der Waals surface area (Å²) in [5.41, 5.74) is 0.558. The number of hydrogen-bond acceptors (Lipinski definition) is 4. The lowest BCUT2D eigenvalue weighted by Gasteiger charge is -2.30. The van der Waals surface area contributed by atoms with Crippen molar-refractivity contribution in [3.63, 3.8) is 0 Å². The molecule has 1 aromatic heterocycles. The van der Waals surface area contributed by atoms with Gasteiger partial charge >= 0.3 is 0 Å². The number of carbonyl (C=O) groups excluding carboxylic acids is 1. The van der Waals surface area contributed by atoms with E-state index in [4.69, 9.17) is 0 Å². The predicted molar refractivity (Wildman–Crippen MR) is 94.5 cm³/mol. The number of rotatable bonds is 5. The topological polar surface area (TPSA) is 84.3 Å². The fourth-order valence-corrected chi connectivity index (χ4v) is 4.56. The standard InChI is InChI=1S/C17H22N4O3S/c1-14-4-2-11-21(12-14)25(23,24)16-7-5-15(6-8-16)19-17(22)13-20-10-3-9-18-20/h3,5-10,14H,2,4,11-13H2,1H3,(H,19,22). The maximum absolute atomic E-state index is 12.7. The quantitative estimate of drug-likeness (QED) is 0.881. The molecule has 3 rings (SSSR count). The molecule has 134 valence electrons. The number of sulfonamides is 1. The third-order valence-corrected chi connectivity index (χ3v) is 6.14. The van der Waals surface area contributed by atoms with Crippen LogP contribution in [-0.4, -0.2) is 41.5 Å². The Labute approximate surface area is 147 Å². The molecule has 0 radical (unpaired) electrons. The molecular formula is C17H22N4O3S. The van der Waals surface area contributed by atoms with Gasteiger partial charge in [-0.05, 0) is 49.1 Å². The molecule has 1 saturated heterocycles. The van der Waals surface area contributed by atoms with E-state index in [9.17, 15) is 13.2 Å². The summed E-state index contributed by atoms with van der Waals surface area (Å²) in [5.74, 6) is 0.161. The second-order valence-electron chi connectivity index (χ2n) is 6.39. The zero-order valence-electron chi connectivity index (χ0n) is 14.1. The molecule has 1 aromatic carbocycles. The van der Waals surface area contributed by atoms with Crippen LogP contribution in [0.4, 0.5) is 5.69 Å². The van der Waals surface area contributed by atoms with E-state index in [1.165, 1.54) is 16.8 Å². The lowest BCUT2D eigenvalue weighted by molar-refractivity contribution is -0.116. The van der Waals surface area contributed by atoms with Crippen LogP contribution < -0.4 is 5.32 Å². The van der Waals surface area contributed by atoms with E-state index in [0.717, 1.165) is 12.8 Å². The average molecular weight is 362 g/mol. The first-order chi connectivity index (χ1) is 11.9. The van der Waals surface area contributed by atoms with E-state index in [1.807, 2.05) is 0 Å². The number of piperidine rings is 1. The van der Waals surface area contributed by atoms with Gasteiger partial charge in [-0.15, -0.1) is 0 Å². The van der Waals surface area contributed by atoms with Crippen LogP contribution in [0.2, 0.25) is 0 Å². The van der Waals surface area contributed by atoms with E-state index in [0.29, 0.717) is 24.7 Å². The minimum atomic E-state index is -3.47. The molecule has 0 aliphatic carbocycles. The molecule has 7 nitrogen and oxygen atoms in total. The summed E-state index contributed by atoms with van der Waals surface area (Å²) in [6.45, 7) is 3.30. The van der Waals surface area contributed by atoms with Gasteiger partial charge in [-0.3, -0.25) is 9.48 Å². The van der Waals surface area contributed by atoms with Crippen LogP contribution in [0, 0.1) is 5.92 Å².